The van der Waals surface area contributed by atoms with Crippen LogP contribution in [0.15, 0.2) is 529 Å². The number of benzene rings is 6. The van der Waals surface area contributed by atoms with E-state index in [-0.39, 0.29) is 0 Å². The number of nitrogens with one attached hydrogen (secondary N) is 2. The molecule has 0 radical (unpaired) electrons. The summed E-state index contributed by atoms with van der Waals surface area (Å²) in [7, 11) is 0. The fourth-order valence-corrected chi connectivity index (χ4v) is 16.4. The molecule has 0 atom stereocenters. The third kappa shape index (κ3) is 28.6. The van der Waals surface area contributed by atoms with Crippen LogP contribution in [-0.2, 0) is 0 Å². The summed E-state index contributed by atoms with van der Waals surface area (Å²) < 4.78 is 17.6. The van der Waals surface area contributed by atoms with Crippen molar-refractivity contribution in [3.8, 4) is 164 Å². The van der Waals surface area contributed by atoms with E-state index in [4.69, 9.17) is 13.3 Å². The first-order valence-corrected chi connectivity index (χ1v) is 49.2. The lowest BCUT2D eigenvalue weighted by Gasteiger charge is -2.06. The van der Waals surface area contributed by atoms with Gasteiger partial charge >= 0.3 is 0 Å². The zero-order chi connectivity index (χ0) is 101. The van der Waals surface area contributed by atoms with Crippen molar-refractivity contribution in [3.63, 3.8) is 0 Å². The normalized spacial score (nSPS) is 10.3. The number of hydrogen-bond acceptors (Lipinski definition) is 28. The molecule has 27 rings (SSSR count). The number of imidazole rings is 2. The van der Waals surface area contributed by atoms with Crippen LogP contribution in [0.3, 0.4) is 0 Å². The Labute approximate surface area is 867 Å². The molecule has 6 aromatic carbocycles. The highest BCUT2D eigenvalue weighted by Crippen LogP contribution is 2.32. The van der Waals surface area contributed by atoms with Crippen LogP contribution in [0.5, 0.6) is 0 Å². The van der Waals surface area contributed by atoms with Crippen molar-refractivity contribution in [2.45, 2.75) is 0 Å². The number of thiophene rings is 3. The number of pyridine rings is 9. The van der Waals surface area contributed by atoms with Crippen molar-refractivity contribution < 1.29 is 13.3 Å². The van der Waals surface area contributed by atoms with Crippen LogP contribution >= 0.6 is 34.0 Å². The molecule has 0 unspecified atom stereocenters. The molecule has 2 N–H and O–H groups in total. The SMILES string of the molecule is c1cc(-c2cccc(-c3nnco3)n2)nc(-c2nnco2)c1.c1ccc(-c2ccc[nH]2)cc1.c1ccc(-c2cccc(-c3ccccn3)n2)nc1.c1ccc(-c2ccco2)cc1.c1ccc(-c2cccs2)cc1.c1ccc(-c2nc(-c3ccccn3)nc(-c3ccccn3)n2)nc1.c1ccc(-c2nc3ccccc3[nH]2)nc1.c1ccc(-n2cnc3ccccc32)cc1.c1cnc(-c2ncccn2)nc1.c1csc(-c2cccs2)c1. The number of para-hydroxylation sites is 5. The lowest BCUT2D eigenvalue weighted by molar-refractivity contribution is 0.566. The Morgan fingerprint density at radius 1 is 0.242 bits per heavy atom. The number of fused-ring (bicyclic) bond motifs is 2. The monoisotopic (exact) mass is 2000 g/mol. The molecule has 0 amide bonds. The van der Waals surface area contributed by atoms with Crippen LogP contribution in [0.2, 0.25) is 0 Å². The number of nitrogens with zero attached hydrogens (tertiary/aromatic N) is 23. The maximum absolute atomic E-state index is 5.22. The molecule has 27 aromatic rings. The van der Waals surface area contributed by atoms with Crippen molar-refractivity contribution >= 4 is 56.1 Å². The Bertz CT molecular complexity index is 7900. The zero-order valence-corrected chi connectivity index (χ0v) is 81.8. The van der Waals surface area contributed by atoms with Gasteiger partial charge in [-0.15, -0.1) is 54.4 Å². The zero-order valence-electron chi connectivity index (χ0n) is 79.3. The van der Waals surface area contributed by atoms with Crippen LogP contribution in [-0.4, -0.2) is 125 Å². The largest absolute Gasteiger partial charge is 0.464 e. The van der Waals surface area contributed by atoms with Gasteiger partial charge in [-0.25, -0.2) is 59.8 Å². The quantitative estimate of drug-likeness (QED) is 0.0962. The number of aromatic nitrogens is 25. The van der Waals surface area contributed by atoms with Crippen LogP contribution in [0.25, 0.3) is 186 Å². The first-order chi connectivity index (χ1) is 73.9. The number of H-pyrrole nitrogens is 2. The maximum atomic E-state index is 5.22. The smallest absolute Gasteiger partial charge is 0.266 e. The van der Waals surface area contributed by atoms with Gasteiger partial charge in [-0.3, -0.25) is 34.5 Å². The highest BCUT2D eigenvalue weighted by Gasteiger charge is 2.17. The van der Waals surface area contributed by atoms with Crippen molar-refractivity contribution in [2.24, 2.45) is 0 Å². The van der Waals surface area contributed by atoms with Crippen molar-refractivity contribution in [2.75, 3.05) is 0 Å². The summed E-state index contributed by atoms with van der Waals surface area (Å²) in [5.41, 5.74) is 19.0. The predicted molar refractivity (Wildman–Crippen MR) is 585 cm³/mol. The summed E-state index contributed by atoms with van der Waals surface area (Å²) in [6, 6.07) is 132. The molecule has 28 nitrogen and oxygen atoms in total. The molecule has 0 bridgehead atoms. The topological polar surface area (TPSA) is 360 Å². The highest BCUT2D eigenvalue weighted by molar-refractivity contribution is 7.20. The summed E-state index contributed by atoms with van der Waals surface area (Å²) in [4.78, 5) is 88.3. The maximum Gasteiger partial charge on any atom is 0.266 e. The van der Waals surface area contributed by atoms with Crippen molar-refractivity contribution in [1.29, 1.82) is 0 Å². The van der Waals surface area contributed by atoms with Gasteiger partial charge in [-0.2, -0.15) is 0 Å². The summed E-state index contributed by atoms with van der Waals surface area (Å²) in [6.45, 7) is 0. The Morgan fingerprint density at radius 3 is 1.05 bits per heavy atom. The van der Waals surface area contributed by atoms with Gasteiger partial charge in [0, 0.05) is 99.7 Å². The number of aromatic amines is 2. The molecule has 0 spiro atoms. The van der Waals surface area contributed by atoms with E-state index in [0.717, 1.165) is 73.4 Å². The minimum atomic E-state index is 0.356. The second kappa shape index (κ2) is 53.0. The second-order valence-electron chi connectivity index (χ2n) is 31.1. The van der Waals surface area contributed by atoms with E-state index >= 15 is 0 Å². The molecule has 720 valence electrons. The summed E-state index contributed by atoms with van der Waals surface area (Å²) in [5, 5.41) is 21.3. The van der Waals surface area contributed by atoms with Gasteiger partial charge in [0.05, 0.1) is 62.5 Å². The van der Waals surface area contributed by atoms with Gasteiger partial charge in [-0.1, -0.05) is 206 Å². The van der Waals surface area contributed by atoms with Gasteiger partial charge in [-0.05, 0) is 227 Å². The summed E-state index contributed by atoms with van der Waals surface area (Å²) in [5.74, 6) is 5.04. The van der Waals surface area contributed by atoms with Crippen LogP contribution in [0.4, 0.5) is 0 Å². The summed E-state index contributed by atoms with van der Waals surface area (Å²) in [6.07, 6.45) is 25.1. The van der Waals surface area contributed by atoms with E-state index in [1.165, 1.54) is 44.2 Å². The van der Waals surface area contributed by atoms with Crippen molar-refractivity contribution in [3.05, 3.63) is 516 Å². The fourth-order valence-electron chi connectivity index (χ4n) is 14.1. The predicted octanol–water partition coefficient (Wildman–Crippen LogP) is 27.6. The molecule has 0 fully saturated rings. The third-order valence-electron chi connectivity index (χ3n) is 21.1. The van der Waals surface area contributed by atoms with E-state index in [1.54, 1.807) is 127 Å². The van der Waals surface area contributed by atoms with E-state index in [2.05, 4.69) is 238 Å². The van der Waals surface area contributed by atoms with Crippen LogP contribution < -0.4 is 0 Å². The molecule has 0 aliphatic rings. The molecule has 0 aliphatic heterocycles. The lowest BCUT2D eigenvalue weighted by atomic mass is 10.2. The Hall–Kier alpha value is -20.3. The van der Waals surface area contributed by atoms with Gasteiger partial charge in [0.1, 0.15) is 46.3 Å². The Morgan fingerprint density at radius 2 is 0.631 bits per heavy atom. The Kier molecular flexibility index (Phi) is 35.2. The third-order valence-corrected chi connectivity index (χ3v) is 23.9. The molecule has 21 aromatic heterocycles. The molecule has 149 heavy (non-hydrogen) atoms. The standard InChI is InChI=1S/C18H12N6.C15H11N3.C14H8N6O2.C13H10N2.C12H9N3.C10H9N.C10H8O.C10H8S.C8H6N4.C8H6S2/c1-4-10-19-13(7-1)16-22-17(14-8-2-5-11-20-14)24-18(23-16)15-9-3-6-12-21-15;1-3-10-16-12(6-1)14-8-5-9-15(18-14)13-7-2-4-11-17-13;1-3-9(17-11(5-1)13-19-15-7-21-13)10-4-2-6-12(18-10)14-20-16-8-22-14;1-2-6-11(7-3-1)15-10-14-12-8-4-5-9-13(12)15;1-2-6-10-9(5-1)14-12(15-10)11-7-3-4-8-13-11;3*1-2-5-9(6-3-1)10-7-4-8-11-10;1-3-9-7(10-4-1)8-11-5-2-6-12-8;1-3-7(9-5-1)8-4-2-6-10-8/h1-12H;1-11H;1-8H;1-10H;1-8H,(H,14,15);1-8,11H;2*1-8H;1-6H;1-6H. The average Bonchev–Trinajstić information content (AvgIpc) is 1.05. The lowest BCUT2D eigenvalue weighted by Crippen LogP contribution is -2.02. The van der Waals surface area contributed by atoms with Gasteiger partial charge in [0.2, 0.25) is 12.8 Å². The van der Waals surface area contributed by atoms with Gasteiger partial charge in [0.25, 0.3) is 11.8 Å². The van der Waals surface area contributed by atoms with E-state index in [9.17, 15) is 0 Å². The minimum absolute atomic E-state index is 0.356. The van der Waals surface area contributed by atoms with E-state index in [1.807, 2.05) is 298 Å². The number of rotatable bonds is 15. The molecular weight excluding hydrogens is 1910 g/mol. The number of hydrogen-bond donors (Lipinski definition) is 2. The fraction of sp³-hybridized carbons (Fsp3) is 0. The van der Waals surface area contributed by atoms with Crippen LogP contribution in [0, 0.1) is 0 Å². The molecule has 31 heteroatoms. The summed E-state index contributed by atoms with van der Waals surface area (Å²) >= 11 is 5.36. The molecule has 21 heterocycles. The highest BCUT2D eigenvalue weighted by atomic mass is 32.1. The second-order valence-corrected chi connectivity index (χ2v) is 33.9. The molecule has 0 saturated heterocycles. The number of furan rings is 1. The molecule has 0 saturated carbocycles. The van der Waals surface area contributed by atoms with Gasteiger partial charge < -0.3 is 23.2 Å². The first kappa shape index (κ1) is 98.9. The Balaban J connectivity index is 0.000000110. The minimum Gasteiger partial charge on any atom is -0.464 e. The van der Waals surface area contributed by atoms with E-state index in [0.29, 0.717) is 80.8 Å². The van der Waals surface area contributed by atoms with Gasteiger partial charge in [0.15, 0.2) is 34.9 Å². The average molecular weight is 2000 g/mol. The van der Waals surface area contributed by atoms with Crippen LogP contribution in [0.1, 0.15) is 0 Å². The first-order valence-electron chi connectivity index (χ1n) is 46.5. The van der Waals surface area contributed by atoms with E-state index < -0.39 is 0 Å². The van der Waals surface area contributed by atoms with Crippen molar-refractivity contribution in [1.82, 2.24) is 125 Å². The molecular formula is C118H87N25O3S3. The molecule has 0 aliphatic carbocycles.